The fourth-order valence-electron chi connectivity index (χ4n) is 2.05. The Balaban J connectivity index is 0.00000220. The average molecular weight is 355 g/mol. The number of hydrogen-bond acceptors (Lipinski definition) is 5. The molecule has 1 saturated heterocycles. The summed E-state index contributed by atoms with van der Waals surface area (Å²) in [4.78, 5) is 11.5. The number of sulfonamides is 1. The van der Waals surface area contributed by atoms with Gasteiger partial charge in [-0.2, -0.15) is 4.31 Å². The number of halogens is 2. The largest absolute Gasteiger partial charge is 0.465 e. The maximum Gasteiger partial charge on any atom is 0.339 e. The maximum atomic E-state index is 12.4. The topological polar surface area (TPSA) is 89.7 Å². The number of carbonyl (C=O) groups excluding carboxylic acids is 1. The van der Waals surface area contributed by atoms with Crippen LogP contribution in [0.4, 0.5) is 0 Å². The van der Waals surface area contributed by atoms with Gasteiger partial charge in [0.05, 0.1) is 22.6 Å². The predicted octanol–water partition coefficient (Wildman–Crippen LogP) is 1.27. The van der Waals surface area contributed by atoms with E-state index in [1.165, 1.54) is 29.6 Å². The molecule has 0 bridgehead atoms. The van der Waals surface area contributed by atoms with E-state index < -0.39 is 16.0 Å². The van der Waals surface area contributed by atoms with E-state index >= 15 is 0 Å². The molecule has 0 spiro atoms. The van der Waals surface area contributed by atoms with Gasteiger partial charge in [-0.1, -0.05) is 11.6 Å². The van der Waals surface area contributed by atoms with Gasteiger partial charge < -0.3 is 10.5 Å². The third-order valence-electron chi connectivity index (χ3n) is 3.17. The molecule has 1 aliphatic heterocycles. The zero-order valence-electron chi connectivity index (χ0n) is 11.3. The van der Waals surface area contributed by atoms with Crippen LogP contribution >= 0.6 is 24.0 Å². The third kappa shape index (κ3) is 3.67. The van der Waals surface area contributed by atoms with Crippen molar-refractivity contribution in [3.05, 3.63) is 28.8 Å². The number of rotatable bonds is 3. The summed E-state index contributed by atoms with van der Waals surface area (Å²) in [6, 6.07) is 3.80. The summed E-state index contributed by atoms with van der Waals surface area (Å²) in [5.74, 6) is -0.609. The second-order valence-electron chi connectivity index (χ2n) is 4.55. The lowest BCUT2D eigenvalue weighted by Gasteiger charge is -2.16. The molecule has 118 valence electrons. The minimum Gasteiger partial charge on any atom is -0.465 e. The summed E-state index contributed by atoms with van der Waals surface area (Å²) in [5, 5.41) is 0.0430. The summed E-state index contributed by atoms with van der Waals surface area (Å²) in [5.41, 5.74) is 5.85. The fourth-order valence-corrected chi connectivity index (χ4v) is 3.91. The van der Waals surface area contributed by atoms with Crippen LogP contribution in [-0.2, 0) is 14.8 Å². The molecule has 9 heteroatoms. The summed E-state index contributed by atoms with van der Waals surface area (Å²) >= 11 is 5.94. The first-order chi connectivity index (χ1) is 9.36. The number of ether oxygens (including phenoxy) is 1. The molecule has 0 aliphatic carbocycles. The van der Waals surface area contributed by atoms with Crippen molar-refractivity contribution in [2.24, 2.45) is 5.73 Å². The van der Waals surface area contributed by atoms with Gasteiger partial charge >= 0.3 is 5.97 Å². The summed E-state index contributed by atoms with van der Waals surface area (Å²) in [6.45, 7) is 0.679. The molecule has 21 heavy (non-hydrogen) atoms. The number of nitrogens with zero attached hydrogens (tertiary/aromatic N) is 1. The first kappa shape index (κ1) is 18.2. The van der Waals surface area contributed by atoms with Crippen LogP contribution in [0.1, 0.15) is 16.8 Å². The van der Waals surface area contributed by atoms with Crippen LogP contribution in [0, 0.1) is 0 Å². The quantitative estimate of drug-likeness (QED) is 0.825. The van der Waals surface area contributed by atoms with Crippen LogP contribution in [0.2, 0.25) is 5.02 Å². The van der Waals surface area contributed by atoms with E-state index in [2.05, 4.69) is 4.74 Å². The van der Waals surface area contributed by atoms with Crippen LogP contribution < -0.4 is 5.73 Å². The Labute approximate surface area is 134 Å². The Hall–Kier alpha value is -0.860. The van der Waals surface area contributed by atoms with Crippen LogP contribution in [0.5, 0.6) is 0 Å². The fraction of sp³-hybridized carbons (Fsp3) is 0.417. The number of benzene rings is 1. The molecule has 1 aromatic carbocycles. The Bertz CT molecular complexity index is 636. The Kier molecular flexibility index (Phi) is 6.01. The monoisotopic (exact) mass is 354 g/mol. The van der Waals surface area contributed by atoms with E-state index in [1.54, 1.807) is 0 Å². The normalized spacial score (nSPS) is 19.1. The maximum absolute atomic E-state index is 12.4. The summed E-state index contributed by atoms with van der Waals surface area (Å²) in [6.07, 6.45) is 0.632. The van der Waals surface area contributed by atoms with Gasteiger partial charge in [0.1, 0.15) is 0 Å². The lowest BCUT2D eigenvalue weighted by atomic mass is 10.2. The van der Waals surface area contributed by atoms with Crippen molar-refractivity contribution in [3.8, 4) is 0 Å². The van der Waals surface area contributed by atoms with Crippen LogP contribution in [0.25, 0.3) is 0 Å². The van der Waals surface area contributed by atoms with Crippen molar-refractivity contribution in [1.29, 1.82) is 0 Å². The summed E-state index contributed by atoms with van der Waals surface area (Å²) in [7, 11) is -2.40. The van der Waals surface area contributed by atoms with Gasteiger partial charge in [0, 0.05) is 19.1 Å². The molecular formula is C12H16Cl2N2O4S. The van der Waals surface area contributed by atoms with Crippen molar-refractivity contribution in [1.82, 2.24) is 4.31 Å². The van der Waals surface area contributed by atoms with Gasteiger partial charge in [-0.25, -0.2) is 13.2 Å². The zero-order chi connectivity index (χ0) is 14.9. The molecule has 2 rings (SSSR count). The molecule has 0 radical (unpaired) electrons. The number of carbonyl (C=O) groups is 1. The van der Waals surface area contributed by atoms with Crippen molar-refractivity contribution in [3.63, 3.8) is 0 Å². The number of hydrogen-bond donors (Lipinski definition) is 1. The van der Waals surface area contributed by atoms with Gasteiger partial charge in [0.25, 0.3) is 0 Å². The highest BCUT2D eigenvalue weighted by Crippen LogP contribution is 2.25. The smallest absolute Gasteiger partial charge is 0.339 e. The van der Waals surface area contributed by atoms with Crippen molar-refractivity contribution in [2.75, 3.05) is 20.2 Å². The molecule has 0 saturated carbocycles. The van der Waals surface area contributed by atoms with Crippen LogP contribution in [0.3, 0.4) is 0 Å². The number of nitrogens with two attached hydrogens (primary N) is 1. The van der Waals surface area contributed by atoms with E-state index in [-0.39, 0.29) is 33.9 Å². The summed E-state index contributed by atoms with van der Waals surface area (Å²) < 4.78 is 30.6. The average Bonchev–Trinajstić information content (AvgIpc) is 2.85. The van der Waals surface area contributed by atoms with E-state index in [9.17, 15) is 13.2 Å². The van der Waals surface area contributed by atoms with Crippen molar-refractivity contribution in [2.45, 2.75) is 17.4 Å². The molecule has 2 N–H and O–H groups in total. The van der Waals surface area contributed by atoms with Crippen molar-refractivity contribution >= 4 is 40.0 Å². The highest BCUT2D eigenvalue weighted by atomic mass is 35.5. The molecule has 1 heterocycles. The third-order valence-corrected chi connectivity index (χ3v) is 5.34. The molecule has 0 unspecified atom stereocenters. The van der Waals surface area contributed by atoms with Gasteiger partial charge in [0.15, 0.2) is 0 Å². The number of esters is 1. The van der Waals surface area contributed by atoms with Gasteiger partial charge in [-0.15, -0.1) is 12.4 Å². The lowest BCUT2D eigenvalue weighted by molar-refractivity contribution is 0.0601. The van der Waals surface area contributed by atoms with E-state index in [1.807, 2.05) is 0 Å². The molecular weight excluding hydrogens is 339 g/mol. The molecule has 1 aliphatic rings. The molecule has 0 amide bonds. The first-order valence-corrected chi connectivity index (χ1v) is 7.81. The standard InChI is InChI=1S/C12H15ClN2O4S.ClH/c1-19-12(16)10-3-2-9(6-11(10)13)20(17,18)15-5-4-8(14)7-15;/h2-3,6,8H,4-5,7,14H2,1H3;1H/t8-;/m1./s1. The zero-order valence-corrected chi connectivity index (χ0v) is 13.7. The van der Waals surface area contributed by atoms with E-state index in [4.69, 9.17) is 17.3 Å². The molecule has 1 aromatic rings. The minimum absolute atomic E-state index is 0. The Morgan fingerprint density at radius 1 is 1.48 bits per heavy atom. The second-order valence-corrected chi connectivity index (χ2v) is 6.89. The van der Waals surface area contributed by atoms with Crippen LogP contribution in [-0.4, -0.2) is 44.9 Å². The van der Waals surface area contributed by atoms with Gasteiger partial charge in [0.2, 0.25) is 10.0 Å². The lowest BCUT2D eigenvalue weighted by Crippen LogP contribution is -2.32. The molecule has 1 fully saturated rings. The highest BCUT2D eigenvalue weighted by molar-refractivity contribution is 7.89. The number of methoxy groups -OCH3 is 1. The first-order valence-electron chi connectivity index (χ1n) is 6.00. The van der Waals surface area contributed by atoms with Gasteiger partial charge in [-0.3, -0.25) is 0 Å². The van der Waals surface area contributed by atoms with E-state index in [0.717, 1.165) is 0 Å². The molecule has 1 atom stereocenters. The Morgan fingerprint density at radius 3 is 2.62 bits per heavy atom. The Morgan fingerprint density at radius 2 is 2.14 bits per heavy atom. The second kappa shape index (κ2) is 6.93. The van der Waals surface area contributed by atoms with Gasteiger partial charge in [-0.05, 0) is 24.6 Å². The molecule has 6 nitrogen and oxygen atoms in total. The van der Waals surface area contributed by atoms with Crippen LogP contribution in [0.15, 0.2) is 23.1 Å². The van der Waals surface area contributed by atoms with Crippen molar-refractivity contribution < 1.29 is 17.9 Å². The SMILES string of the molecule is COC(=O)c1ccc(S(=O)(=O)N2CC[C@@H](N)C2)cc1Cl.Cl. The predicted molar refractivity (Wildman–Crippen MR) is 81.4 cm³/mol. The minimum atomic E-state index is -3.63. The molecule has 0 aromatic heterocycles. The van der Waals surface area contributed by atoms with E-state index in [0.29, 0.717) is 19.5 Å². The highest BCUT2D eigenvalue weighted by Gasteiger charge is 2.31.